The summed E-state index contributed by atoms with van der Waals surface area (Å²) in [6.45, 7) is 1.04. The Morgan fingerprint density at radius 3 is 2.41 bits per heavy atom. The number of amides is 2. The molecule has 0 saturated heterocycles. The molecular weight excluding hydrogens is 294 g/mol. The van der Waals surface area contributed by atoms with Crippen LogP contribution in [0.3, 0.4) is 0 Å². The van der Waals surface area contributed by atoms with Gasteiger partial charge in [-0.2, -0.15) is 0 Å². The molecule has 1 heterocycles. The first kappa shape index (κ1) is 15.7. The topological polar surface area (TPSA) is 62.6 Å². The van der Waals surface area contributed by atoms with Crippen LogP contribution in [0.2, 0.25) is 0 Å². The van der Waals surface area contributed by atoms with Gasteiger partial charge in [0.15, 0.2) is 0 Å². The van der Waals surface area contributed by atoms with E-state index in [9.17, 15) is 18.4 Å². The summed E-state index contributed by atoms with van der Waals surface area (Å²) in [5.41, 5.74) is -0.533. The molecule has 2 rings (SSSR count). The van der Waals surface area contributed by atoms with E-state index in [4.69, 9.17) is 4.42 Å². The minimum Gasteiger partial charge on any atom is -0.467 e. The third-order valence-electron chi connectivity index (χ3n) is 2.93. The van der Waals surface area contributed by atoms with Crippen LogP contribution in [0.1, 0.15) is 12.7 Å². The van der Waals surface area contributed by atoms with Gasteiger partial charge in [-0.05, 0) is 24.3 Å². The van der Waals surface area contributed by atoms with Crippen molar-refractivity contribution in [3.8, 4) is 0 Å². The van der Waals surface area contributed by atoms with Gasteiger partial charge in [0, 0.05) is 6.92 Å². The van der Waals surface area contributed by atoms with Gasteiger partial charge in [0.25, 0.3) is 0 Å². The molecule has 1 aromatic heterocycles. The van der Waals surface area contributed by atoms with Gasteiger partial charge in [-0.15, -0.1) is 0 Å². The summed E-state index contributed by atoms with van der Waals surface area (Å²) in [4.78, 5) is 24.6. The van der Waals surface area contributed by atoms with E-state index in [-0.39, 0.29) is 19.0 Å². The molecule has 0 fully saturated rings. The number of carbonyl (C=O) groups is 2. The second-order valence-corrected chi connectivity index (χ2v) is 4.60. The van der Waals surface area contributed by atoms with Crippen LogP contribution in [0.5, 0.6) is 0 Å². The van der Waals surface area contributed by atoms with Crippen LogP contribution in [0.15, 0.2) is 41.0 Å². The summed E-state index contributed by atoms with van der Waals surface area (Å²) in [5, 5.41) is 2.13. The van der Waals surface area contributed by atoms with E-state index >= 15 is 0 Å². The maximum absolute atomic E-state index is 13.5. The first-order chi connectivity index (χ1) is 10.5. The second-order valence-electron chi connectivity index (χ2n) is 4.60. The predicted molar refractivity (Wildman–Crippen MR) is 74.8 cm³/mol. The average molecular weight is 308 g/mol. The van der Waals surface area contributed by atoms with Crippen LogP contribution in [0.25, 0.3) is 0 Å². The molecule has 0 aliphatic rings. The van der Waals surface area contributed by atoms with Crippen molar-refractivity contribution in [2.45, 2.75) is 13.5 Å². The number of rotatable bonds is 5. The standard InChI is InChI=1S/C15H14F2N2O3/c1-10(20)19(8-11-4-3-7-22-11)9-14(21)18-15-12(16)5-2-6-13(15)17/h2-7H,8-9H2,1H3,(H,18,21). The van der Waals surface area contributed by atoms with Crippen molar-refractivity contribution in [2.24, 2.45) is 0 Å². The Kier molecular flexibility index (Phi) is 4.88. The van der Waals surface area contributed by atoms with Gasteiger partial charge in [0.05, 0.1) is 12.8 Å². The first-order valence-electron chi connectivity index (χ1n) is 6.49. The van der Waals surface area contributed by atoms with Gasteiger partial charge in [-0.25, -0.2) is 8.78 Å². The molecule has 0 aliphatic heterocycles. The van der Waals surface area contributed by atoms with Crippen molar-refractivity contribution < 1.29 is 22.8 Å². The minimum atomic E-state index is -0.881. The Morgan fingerprint density at radius 1 is 1.18 bits per heavy atom. The van der Waals surface area contributed by atoms with E-state index in [1.54, 1.807) is 12.1 Å². The smallest absolute Gasteiger partial charge is 0.244 e. The van der Waals surface area contributed by atoms with Crippen LogP contribution in [0, 0.1) is 11.6 Å². The second kappa shape index (κ2) is 6.84. The molecule has 116 valence electrons. The molecule has 0 atom stereocenters. The highest BCUT2D eigenvalue weighted by Gasteiger charge is 2.18. The summed E-state index contributed by atoms with van der Waals surface area (Å²) in [6, 6.07) is 6.57. The van der Waals surface area contributed by atoms with E-state index in [1.807, 2.05) is 0 Å². The zero-order valence-electron chi connectivity index (χ0n) is 11.8. The Bertz CT molecular complexity index is 651. The van der Waals surface area contributed by atoms with E-state index in [1.165, 1.54) is 24.2 Å². The highest BCUT2D eigenvalue weighted by atomic mass is 19.1. The Balaban J connectivity index is 2.04. The summed E-state index contributed by atoms with van der Waals surface area (Å²) < 4.78 is 32.0. The molecule has 1 N–H and O–H groups in total. The summed E-state index contributed by atoms with van der Waals surface area (Å²) in [6.07, 6.45) is 1.45. The highest BCUT2D eigenvalue weighted by molar-refractivity contribution is 5.94. The molecule has 0 spiro atoms. The normalized spacial score (nSPS) is 10.3. The lowest BCUT2D eigenvalue weighted by Crippen LogP contribution is -2.36. The van der Waals surface area contributed by atoms with E-state index in [0.717, 1.165) is 12.1 Å². The molecule has 2 amide bonds. The first-order valence-corrected chi connectivity index (χ1v) is 6.49. The Labute approximate surface area is 125 Å². The lowest BCUT2D eigenvalue weighted by Gasteiger charge is -2.19. The van der Waals surface area contributed by atoms with Crippen molar-refractivity contribution in [3.05, 3.63) is 54.0 Å². The summed E-state index contributed by atoms with van der Waals surface area (Å²) in [7, 11) is 0. The van der Waals surface area contributed by atoms with Gasteiger partial charge in [0.1, 0.15) is 29.6 Å². The number of anilines is 1. The maximum atomic E-state index is 13.5. The van der Waals surface area contributed by atoms with Gasteiger partial charge in [-0.3, -0.25) is 9.59 Å². The van der Waals surface area contributed by atoms with Gasteiger partial charge < -0.3 is 14.6 Å². The number of carbonyl (C=O) groups excluding carboxylic acids is 2. The van der Waals surface area contributed by atoms with Crippen molar-refractivity contribution >= 4 is 17.5 Å². The zero-order chi connectivity index (χ0) is 16.1. The number of hydrogen-bond donors (Lipinski definition) is 1. The molecular formula is C15H14F2N2O3. The average Bonchev–Trinajstić information content (AvgIpc) is 2.95. The van der Waals surface area contributed by atoms with Crippen LogP contribution in [-0.4, -0.2) is 23.3 Å². The molecule has 0 radical (unpaired) electrons. The van der Waals surface area contributed by atoms with Crippen molar-refractivity contribution in [1.29, 1.82) is 0 Å². The highest BCUT2D eigenvalue weighted by Crippen LogP contribution is 2.18. The lowest BCUT2D eigenvalue weighted by atomic mass is 10.3. The number of benzene rings is 1. The molecule has 0 saturated carbocycles. The van der Waals surface area contributed by atoms with Crippen molar-refractivity contribution in [3.63, 3.8) is 0 Å². The van der Waals surface area contributed by atoms with E-state index in [0.29, 0.717) is 5.76 Å². The van der Waals surface area contributed by atoms with Crippen molar-refractivity contribution in [2.75, 3.05) is 11.9 Å². The predicted octanol–water partition coefficient (Wildman–Crippen LogP) is 2.55. The number of furan rings is 1. The minimum absolute atomic E-state index is 0.0928. The fourth-order valence-corrected chi connectivity index (χ4v) is 1.84. The molecule has 0 aliphatic carbocycles. The van der Waals surface area contributed by atoms with Crippen LogP contribution in [0.4, 0.5) is 14.5 Å². The summed E-state index contributed by atoms with van der Waals surface area (Å²) >= 11 is 0. The fraction of sp³-hybridized carbons (Fsp3) is 0.200. The third kappa shape index (κ3) is 3.91. The Hall–Kier alpha value is -2.70. The number of halogens is 2. The molecule has 7 heteroatoms. The number of nitrogens with zero attached hydrogens (tertiary/aromatic N) is 1. The van der Waals surface area contributed by atoms with Gasteiger partial charge in [0.2, 0.25) is 11.8 Å². The van der Waals surface area contributed by atoms with Crippen molar-refractivity contribution in [1.82, 2.24) is 4.90 Å². The number of para-hydroxylation sites is 1. The maximum Gasteiger partial charge on any atom is 0.244 e. The van der Waals surface area contributed by atoms with Crippen LogP contribution in [-0.2, 0) is 16.1 Å². The fourth-order valence-electron chi connectivity index (χ4n) is 1.84. The van der Waals surface area contributed by atoms with Crippen LogP contribution >= 0.6 is 0 Å². The molecule has 2 aromatic rings. The zero-order valence-corrected chi connectivity index (χ0v) is 11.8. The molecule has 22 heavy (non-hydrogen) atoms. The van der Waals surface area contributed by atoms with E-state index in [2.05, 4.69) is 5.32 Å². The third-order valence-corrected chi connectivity index (χ3v) is 2.93. The summed E-state index contributed by atoms with van der Waals surface area (Å²) in [5.74, 6) is -2.33. The Morgan fingerprint density at radius 2 is 1.86 bits per heavy atom. The largest absolute Gasteiger partial charge is 0.467 e. The monoisotopic (exact) mass is 308 g/mol. The number of nitrogens with one attached hydrogen (secondary N) is 1. The quantitative estimate of drug-likeness (QED) is 0.923. The number of hydrogen-bond acceptors (Lipinski definition) is 3. The molecule has 0 unspecified atom stereocenters. The molecule has 1 aromatic carbocycles. The van der Waals surface area contributed by atoms with E-state index < -0.39 is 23.2 Å². The molecule has 5 nitrogen and oxygen atoms in total. The van der Waals surface area contributed by atoms with Gasteiger partial charge in [-0.1, -0.05) is 6.07 Å². The van der Waals surface area contributed by atoms with Crippen LogP contribution < -0.4 is 5.32 Å². The SMILES string of the molecule is CC(=O)N(CC(=O)Nc1c(F)cccc1F)Cc1ccco1. The van der Waals surface area contributed by atoms with Gasteiger partial charge >= 0.3 is 0 Å². The molecule has 0 bridgehead atoms. The lowest BCUT2D eigenvalue weighted by molar-refractivity contribution is -0.133.